The molecule has 0 bridgehead atoms. The van der Waals surface area contributed by atoms with Crippen LogP contribution in [0.25, 0.3) is 0 Å². The van der Waals surface area contributed by atoms with E-state index in [0.29, 0.717) is 0 Å². The molecule has 9 heteroatoms. The van der Waals surface area contributed by atoms with E-state index in [0.717, 1.165) is 32.4 Å². The summed E-state index contributed by atoms with van der Waals surface area (Å²) in [6.07, 6.45) is 38.0. The molecule has 2 heterocycles. The molecular weight excluding hydrogens is 595 g/mol. The standard InChI is InChI=1S/C15H29N2.C14H28N2.C8H19O4P/c1-3-4-5-6-7-8-9-10-11-12-17-14-13-16(2)15-17;1-3-4-5-6-7-8-9-10-11-16-13-12-15(2)14-16;1-3-5-7-11-13(9,10)12-8-6-4-2/h13-15H,3-12H2,1-2H3;12-13H,3-11,14H2,1-2H3;3-8H2,1-2H3,(H,9,10)/q+1;;/p-1. The Bertz CT molecular complexity index is 837. The van der Waals surface area contributed by atoms with Gasteiger partial charge in [-0.2, -0.15) is 0 Å². The zero-order valence-electron chi connectivity index (χ0n) is 31.1. The lowest BCUT2D eigenvalue weighted by atomic mass is 10.1. The number of unbranched alkanes of at least 4 members (excludes halogenated alkanes) is 17. The molecule has 0 amide bonds. The summed E-state index contributed by atoms with van der Waals surface area (Å²) in [4.78, 5) is 15.6. The van der Waals surface area contributed by atoms with E-state index in [1.807, 2.05) is 13.8 Å². The summed E-state index contributed by atoms with van der Waals surface area (Å²) in [5, 5.41) is 0. The topological polar surface area (TPSA) is 73.9 Å². The Morgan fingerprint density at radius 2 is 1.09 bits per heavy atom. The number of rotatable bonds is 27. The molecule has 272 valence electrons. The van der Waals surface area contributed by atoms with E-state index in [2.05, 4.69) is 87.0 Å². The first-order chi connectivity index (χ1) is 22.3. The van der Waals surface area contributed by atoms with Crippen molar-refractivity contribution in [2.75, 3.05) is 33.5 Å². The van der Waals surface area contributed by atoms with Crippen LogP contribution in [0.15, 0.2) is 31.1 Å². The highest BCUT2D eigenvalue weighted by Crippen LogP contribution is 2.38. The van der Waals surface area contributed by atoms with E-state index in [-0.39, 0.29) is 13.2 Å². The first-order valence-electron chi connectivity index (χ1n) is 19.0. The lowest BCUT2D eigenvalue weighted by molar-refractivity contribution is -0.671. The minimum absolute atomic E-state index is 0.226. The van der Waals surface area contributed by atoms with Crippen LogP contribution in [0.1, 0.15) is 163 Å². The highest BCUT2D eigenvalue weighted by Gasteiger charge is 2.08. The predicted molar refractivity (Wildman–Crippen MR) is 193 cm³/mol. The second kappa shape index (κ2) is 32.2. The molecule has 0 saturated heterocycles. The average Bonchev–Trinajstić information content (AvgIpc) is 3.65. The van der Waals surface area contributed by atoms with Crippen LogP contribution >= 0.6 is 7.82 Å². The maximum Gasteiger partial charge on any atom is 0.267 e. The van der Waals surface area contributed by atoms with Gasteiger partial charge in [-0.25, -0.2) is 9.13 Å². The molecule has 0 N–H and O–H groups in total. The third-order valence-electron chi connectivity index (χ3n) is 8.07. The van der Waals surface area contributed by atoms with Crippen LogP contribution in [-0.4, -0.2) is 47.8 Å². The zero-order chi connectivity index (χ0) is 34.1. The molecule has 1 aromatic rings. The zero-order valence-corrected chi connectivity index (χ0v) is 32.0. The number of nitrogens with zero attached hydrogens (tertiary/aromatic N) is 4. The van der Waals surface area contributed by atoms with Gasteiger partial charge >= 0.3 is 0 Å². The van der Waals surface area contributed by atoms with Gasteiger partial charge < -0.3 is 23.7 Å². The molecule has 0 aliphatic carbocycles. The molecule has 0 atom stereocenters. The Morgan fingerprint density at radius 1 is 0.652 bits per heavy atom. The van der Waals surface area contributed by atoms with Gasteiger partial charge in [-0.3, -0.25) is 4.57 Å². The first-order valence-corrected chi connectivity index (χ1v) is 20.5. The minimum atomic E-state index is -4.00. The normalized spacial score (nSPS) is 12.7. The molecule has 0 unspecified atom stereocenters. The molecule has 0 saturated carbocycles. The van der Waals surface area contributed by atoms with Crippen molar-refractivity contribution in [2.45, 2.75) is 169 Å². The van der Waals surface area contributed by atoms with Gasteiger partial charge in [0.15, 0.2) is 0 Å². The highest BCUT2D eigenvalue weighted by molar-refractivity contribution is 7.45. The van der Waals surface area contributed by atoms with Crippen molar-refractivity contribution in [3.05, 3.63) is 31.1 Å². The number of phosphoric ester groups is 1. The maximum absolute atomic E-state index is 11.0. The van der Waals surface area contributed by atoms with E-state index in [4.69, 9.17) is 0 Å². The second-order valence-electron chi connectivity index (χ2n) is 12.9. The van der Waals surface area contributed by atoms with Gasteiger partial charge in [0.05, 0.1) is 33.5 Å². The van der Waals surface area contributed by atoms with Crippen molar-refractivity contribution in [3.8, 4) is 0 Å². The van der Waals surface area contributed by atoms with Crippen molar-refractivity contribution in [1.29, 1.82) is 0 Å². The monoisotopic (exact) mass is 671 g/mol. The summed E-state index contributed by atoms with van der Waals surface area (Å²) in [5.74, 6) is 0. The molecule has 1 aromatic heterocycles. The second-order valence-corrected chi connectivity index (χ2v) is 14.4. The number of imidazole rings is 1. The van der Waals surface area contributed by atoms with Crippen LogP contribution in [-0.2, 0) is 27.2 Å². The Labute approximate surface area is 285 Å². The molecule has 8 nitrogen and oxygen atoms in total. The largest absolute Gasteiger partial charge is 0.756 e. The molecule has 46 heavy (non-hydrogen) atoms. The fourth-order valence-electron chi connectivity index (χ4n) is 5.10. The van der Waals surface area contributed by atoms with Crippen molar-refractivity contribution in [2.24, 2.45) is 7.05 Å². The van der Waals surface area contributed by atoms with E-state index >= 15 is 0 Å². The molecule has 0 spiro atoms. The Kier molecular flexibility index (Phi) is 31.3. The van der Waals surface area contributed by atoms with Gasteiger partial charge in [-0.15, -0.1) is 0 Å². The van der Waals surface area contributed by atoms with E-state index in [1.54, 1.807) is 0 Å². The van der Waals surface area contributed by atoms with Gasteiger partial charge in [0, 0.05) is 26.0 Å². The minimum Gasteiger partial charge on any atom is -0.756 e. The number of aryl methyl sites for hydroxylation is 2. The number of hydrogen-bond acceptors (Lipinski definition) is 6. The average molecular weight is 671 g/mol. The van der Waals surface area contributed by atoms with Crippen LogP contribution < -0.4 is 9.46 Å². The van der Waals surface area contributed by atoms with Crippen LogP contribution in [0, 0.1) is 0 Å². The van der Waals surface area contributed by atoms with Gasteiger partial charge in [0.25, 0.3) is 7.82 Å². The number of hydrogen-bond donors (Lipinski definition) is 0. The fraction of sp³-hybridized carbons (Fsp3) is 0.865. The predicted octanol–water partition coefficient (Wildman–Crippen LogP) is 9.73. The van der Waals surface area contributed by atoms with Crippen molar-refractivity contribution in [3.63, 3.8) is 0 Å². The maximum atomic E-state index is 11.0. The number of phosphoric acid groups is 1. The quantitative estimate of drug-likeness (QED) is 0.0527. The summed E-state index contributed by atoms with van der Waals surface area (Å²) in [6, 6.07) is 0. The van der Waals surface area contributed by atoms with Crippen LogP contribution in [0.5, 0.6) is 0 Å². The summed E-state index contributed by atoms with van der Waals surface area (Å²) in [6.45, 7) is 12.4. The van der Waals surface area contributed by atoms with E-state index in [9.17, 15) is 9.46 Å². The third kappa shape index (κ3) is 30.0. The summed E-state index contributed by atoms with van der Waals surface area (Å²) in [7, 11) is 0.203. The van der Waals surface area contributed by atoms with Gasteiger partial charge in [-0.05, 0) is 32.1 Å². The molecule has 0 radical (unpaired) electrons. The van der Waals surface area contributed by atoms with Crippen molar-refractivity contribution >= 4 is 7.82 Å². The summed E-state index contributed by atoms with van der Waals surface area (Å²) in [5.41, 5.74) is 0. The Morgan fingerprint density at radius 3 is 1.48 bits per heavy atom. The Balaban J connectivity index is 0.000000667. The number of aromatic nitrogens is 2. The molecule has 1 aliphatic heterocycles. The van der Waals surface area contributed by atoms with Crippen LogP contribution in [0.4, 0.5) is 0 Å². The van der Waals surface area contributed by atoms with Gasteiger partial charge in [0.1, 0.15) is 12.4 Å². The SMILES string of the molecule is CCCCCCCCCCCn1cc[n+](C)c1.CCCCCCCCCCN1C=CN(C)C1.CCCCOP(=O)([O-])OCCCC. The lowest BCUT2D eigenvalue weighted by Crippen LogP contribution is -2.23. The van der Waals surface area contributed by atoms with Gasteiger partial charge in [0.2, 0.25) is 6.33 Å². The smallest absolute Gasteiger partial charge is 0.267 e. The fourth-order valence-corrected chi connectivity index (χ4v) is 5.88. The lowest BCUT2D eigenvalue weighted by Gasteiger charge is -2.22. The molecular formula is C37H75N4O4P. The van der Waals surface area contributed by atoms with Crippen LogP contribution in [0.3, 0.4) is 0 Å². The third-order valence-corrected chi connectivity index (χ3v) is 9.07. The summed E-state index contributed by atoms with van der Waals surface area (Å²) >= 11 is 0. The Hall–Kier alpha value is -1.34. The molecule has 0 aromatic carbocycles. The van der Waals surface area contributed by atoms with Crippen LogP contribution in [0.2, 0.25) is 0 Å². The first kappa shape index (κ1) is 44.7. The van der Waals surface area contributed by atoms with Crippen molar-refractivity contribution < 1.29 is 23.1 Å². The van der Waals surface area contributed by atoms with E-state index < -0.39 is 7.82 Å². The van der Waals surface area contributed by atoms with Gasteiger partial charge in [-0.1, -0.05) is 130 Å². The molecule has 1 aliphatic rings. The summed E-state index contributed by atoms with van der Waals surface area (Å²) < 4.78 is 24.5. The van der Waals surface area contributed by atoms with Crippen molar-refractivity contribution in [1.82, 2.24) is 14.4 Å². The molecule has 0 fully saturated rings. The highest BCUT2D eigenvalue weighted by atomic mass is 31.2. The van der Waals surface area contributed by atoms with E-state index in [1.165, 1.54) is 122 Å². The molecule has 2 rings (SSSR count).